The summed E-state index contributed by atoms with van der Waals surface area (Å²) in [6.45, 7) is 0. The molecule has 0 bridgehead atoms. The Bertz CT molecular complexity index is 1240. The fourth-order valence-corrected chi connectivity index (χ4v) is 5.79. The van der Waals surface area contributed by atoms with Crippen LogP contribution in [-0.4, -0.2) is 35.3 Å². The fourth-order valence-electron chi connectivity index (χ4n) is 5.79. The molecule has 2 aromatic rings. The Labute approximate surface area is 209 Å². The number of fused-ring (bicyclic) bond motifs is 2. The molecule has 0 aromatic heterocycles. The van der Waals surface area contributed by atoms with E-state index >= 15 is 0 Å². The number of alkyl halides is 3. The minimum absolute atomic E-state index is 0.0191. The average molecular weight is 520 g/mol. The minimum atomic E-state index is -4.86. The van der Waals surface area contributed by atoms with Gasteiger partial charge in [0.2, 0.25) is 5.91 Å². The number of halogens is 4. The predicted molar refractivity (Wildman–Crippen MR) is 122 cm³/mol. The van der Waals surface area contributed by atoms with E-state index in [0.717, 1.165) is 25.0 Å². The van der Waals surface area contributed by atoms with Crippen molar-refractivity contribution in [2.24, 2.45) is 11.8 Å². The Morgan fingerprint density at radius 1 is 1.03 bits per heavy atom. The summed E-state index contributed by atoms with van der Waals surface area (Å²) >= 11 is 0. The van der Waals surface area contributed by atoms with Crippen LogP contribution in [0.3, 0.4) is 0 Å². The highest BCUT2D eigenvalue weighted by Crippen LogP contribution is 2.61. The lowest BCUT2D eigenvalue weighted by Crippen LogP contribution is -2.67. The summed E-state index contributed by atoms with van der Waals surface area (Å²) in [5.74, 6) is -3.20. The van der Waals surface area contributed by atoms with Gasteiger partial charge in [0.1, 0.15) is 11.6 Å². The van der Waals surface area contributed by atoms with Gasteiger partial charge in [0, 0.05) is 29.5 Å². The van der Waals surface area contributed by atoms with E-state index in [2.05, 4.69) is 10.1 Å². The van der Waals surface area contributed by atoms with Crippen molar-refractivity contribution in [2.45, 2.75) is 56.5 Å². The standard InChI is InChI=1S/C26H24F4N2O5/c27-16-5-9-21-19(13-16)25(15-3-4-15,31-22(33)11-12-23(34)35)18-8-10-20(18)32(21)24(36)14-1-6-17(7-2-14)37-26(28,29)30/h1-2,5-7,9,13,15,18,20H,3-4,8,10-12H2,(H,31,33)(H,34,35)/t18-,20+,25-/m0/s1. The summed E-state index contributed by atoms with van der Waals surface area (Å²) in [6.07, 6.45) is -2.53. The number of carbonyl (C=O) groups excluding carboxylic acids is 2. The maximum absolute atomic E-state index is 14.6. The first-order chi connectivity index (χ1) is 17.5. The van der Waals surface area contributed by atoms with E-state index in [4.69, 9.17) is 5.11 Å². The number of carboxylic acids is 1. The van der Waals surface area contributed by atoms with E-state index in [1.165, 1.54) is 30.3 Å². The Balaban J connectivity index is 1.52. The minimum Gasteiger partial charge on any atom is -0.481 e. The van der Waals surface area contributed by atoms with Crippen molar-refractivity contribution in [3.63, 3.8) is 0 Å². The number of amides is 2. The SMILES string of the molecule is O=C(O)CCC(=O)N[C@]1(C2CC2)c2cc(F)ccc2N(C(=O)c2ccc(OC(F)(F)F)cc2)[C@@H]2CC[C@@H]21. The quantitative estimate of drug-likeness (QED) is 0.514. The first-order valence-corrected chi connectivity index (χ1v) is 12.0. The third kappa shape index (κ3) is 4.62. The number of nitrogens with zero attached hydrogens (tertiary/aromatic N) is 1. The monoisotopic (exact) mass is 520 g/mol. The summed E-state index contributed by atoms with van der Waals surface area (Å²) in [4.78, 5) is 39.0. The maximum atomic E-state index is 14.6. The molecule has 2 fully saturated rings. The van der Waals surface area contributed by atoms with Crippen molar-refractivity contribution in [2.75, 3.05) is 4.90 Å². The Morgan fingerprint density at radius 3 is 2.30 bits per heavy atom. The van der Waals surface area contributed by atoms with Gasteiger partial charge in [-0.2, -0.15) is 0 Å². The molecule has 2 aliphatic carbocycles. The van der Waals surface area contributed by atoms with Gasteiger partial charge in [0.05, 0.1) is 17.6 Å². The molecule has 7 nitrogen and oxygen atoms in total. The van der Waals surface area contributed by atoms with Crippen LogP contribution < -0.4 is 15.0 Å². The van der Waals surface area contributed by atoms with Crippen molar-refractivity contribution in [1.82, 2.24) is 5.32 Å². The molecule has 0 unspecified atom stereocenters. The van der Waals surface area contributed by atoms with Crippen molar-refractivity contribution in [3.8, 4) is 5.75 Å². The maximum Gasteiger partial charge on any atom is 0.573 e. The normalized spacial score (nSPS) is 24.4. The molecule has 0 spiro atoms. The second-order valence-electron chi connectivity index (χ2n) is 9.75. The molecule has 0 radical (unpaired) electrons. The van der Waals surface area contributed by atoms with Gasteiger partial charge in [-0.1, -0.05) is 0 Å². The number of carbonyl (C=O) groups is 3. The zero-order chi connectivity index (χ0) is 26.5. The highest BCUT2D eigenvalue weighted by atomic mass is 19.4. The molecule has 5 rings (SSSR count). The molecule has 1 aliphatic heterocycles. The van der Waals surface area contributed by atoms with Crippen LogP contribution in [0.2, 0.25) is 0 Å². The zero-order valence-electron chi connectivity index (χ0n) is 19.6. The third-order valence-electron chi connectivity index (χ3n) is 7.51. The highest BCUT2D eigenvalue weighted by molar-refractivity contribution is 6.08. The van der Waals surface area contributed by atoms with Crippen LogP contribution in [0.1, 0.15) is 54.4 Å². The molecule has 0 saturated heterocycles. The summed E-state index contributed by atoms with van der Waals surface area (Å²) < 4.78 is 56.1. The van der Waals surface area contributed by atoms with Crippen molar-refractivity contribution in [3.05, 3.63) is 59.4 Å². The van der Waals surface area contributed by atoms with Crippen LogP contribution in [0.25, 0.3) is 0 Å². The van der Waals surface area contributed by atoms with Crippen molar-refractivity contribution in [1.29, 1.82) is 0 Å². The first-order valence-electron chi connectivity index (χ1n) is 12.0. The van der Waals surface area contributed by atoms with Gasteiger partial charge in [0.15, 0.2) is 0 Å². The fraction of sp³-hybridized carbons (Fsp3) is 0.423. The van der Waals surface area contributed by atoms with Gasteiger partial charge < -0.3 is 20.1 Å². The molecule has 2 N–H and O–H groups in total. The molecule has 196 valence electrons. The number of benzene rings is 2. The van der Waals surface area contributed by atoms with Crippen LogP contribution in [0.5, 0.6) is 5.75 Å². The van der Waals surface area contributed by atoms with Gasteiger partial charge in [0.25, 0.3) is 5.91 Å². The van der Waals surface area contributed by atoms with Crippen LogP contribution in [0.15, 0.2) is 42.5 Å². The molecule has 11 heteroatoms. The Hall–Kier alpha value is -3.63. The lowest BCUT2D eigenvalue weighted by Gasteiger charge is -2.59. The van der Waals surface area contributed by atoms with Crippen LogP contribution >= 0.6 is 0 Å². The number of anilines is 1. The molecular formula is C26H24F4N2O5. The number of nitrogens with one attached hydrogen (secondary N) is 1. The first kappa shape index (κ1) is 25.0. The van der Waals surface area contributed by atoms with Gasteiger partial charge in [-0.15, -0.1) is 13.2 Å². The smallest absolute Gasteiger partial charge is 0.481 e. The summed E-state index contributed by atoms with van der Waals surface area (Å²) in [5, 5.41) is 12.1. The Morgan fingerprint density at radius 2 is 1.73 bits per heavy atom. The molecule has 2 amide bonds. The zero-order valence-corrected chi connectivity index (χ0v) is 19.6. The summed E-state index contributed by atoms with van der Waals surface area (Å²) in [6, 6.07) is 8.32. The van der Waals surface area contributed by atoms with Gasteiger partial charge in [-0.05, 0) is 74.1 Å². The van der Waals surface area contributed by atoms with Crippen LogP contribution in [0.4, 0.5) is 23.2 Å². The van der Waals surface area contributed by atoms with E-state index in [1.54, 1.807) is 4.90 Å². The van der Waals surface area contributed by atoms with Crippen molar-refractivity contribution < 1.29 is 41.8 Å². The predicted octanol–water partition coefficient (Wildman–Crippen LogP) is 4.75. The number of carboxylic acid groups (broad SMARTS) is 1. The van der Waals surface area contributed by atoms with E-state index in [1.807, 2.05) is 0 Å². The van der Waals surface area contributed by atoms with E-state index in [9.17, 15) is 31.9 Å². The van der Waals surface area contributed by atoms with Crippen LogP contribution in [0, 0.1) is 17.7 Å². The molecule has 3 aliphatic rings. The largest absolute Gasteiger partial charge is 0.573 e. The van der Waals surface area contributed by atoms with E-state index < -0.39 is 41.3 Å². The topological polar surface area (TPSA) is 95.9 Å². The number of aliphatic carboxylic acids is 1. The second kappa shape index (κ2) is 9.04. The lowest BCUT2D eigenvalue weighted by molar-refractivity contribution is -0.274. The lowest BCUT2D eigenvalue weighted by atomic mass is 9.58. The molecular weight excluding hydrogens is 496 g/mol. The van der Waals surface area contributed by atoms with Gasteiger partial charge in [-0.3, -0.25) is 14.4 Å². The number of hydrogen-bond acceptors (Lipinski definition) is 4. The Kier molecular flexibility index (Phi) is 6.12. The number of rotatable bonds is 7. The molecule has 1 heterocycles. The summed E-state index contributed by atoms with van der Waals surface area (Å²) in [7, 11) is 0. The van der Waals surface area contributed by atoms with E-state index in [0.29, 0.717) is 24.1 Å². The van der Waals surface area contributed by atoms with E-state index in [-0.39, 0.29) is 36.3 Å². The average Bonchev–Trinajstić information content (AvgIpc) is 3.64. The highest BCUT2D eigenvalue weighted by Gasteiger charge is 2.62. The number of ether oxygens (including phenoxy) is 1. The molecule has 2 saturated carbocycles. The molecule has 37 heavy (non-hydrogen) atoms. The molecule has 3 atom stereocenters. The van der Waals surface area contributed by atoms with Crippen molar-refractivity contribution >= 4 is 23.5 Å². The molecule has 2 aromatic carbocycles. The second-order valence-corrected chi connectivity index (χ2v) is 9.75. The third-order valence-corrected chi connectivity index (χ3v) is 7.51. The van der Waals surface area contributed by atoms with Gasteiger partial charge in [-0.25, -0.2) is 4.39 Å². The summed E-state index contributed by atoms with van der Waals surface area (Å²) in [5.41, 5.74) is 0.0928. The van der Waals surface area contributed by atoms with Crippen LogP contribution in [-0.2, 0) is 15.1 Å². The van der Waals surface area contributed by atoms with Gasteiger partial charge >= 0.3 is 12.3 Å². The number of hydrogen-bond donors (Lipinski definition) is 2.